The maximum Gasteiger partial charge on any atom is 0.222 e. The second-order valence-electron chi connectivity index (χ2n) is 7.10. The van der Waals surface area contributed by atoms with Gasteiger partial charge in [-0.2, -0.15) is 0 Å². The molecule has 154 valence electrons. The van der Waals surface area contributed by atoms with Gasteiger partial charge in [-0.1, -0.05) is 31.0 Å². The third kappa shape index (κ3) is 6.68. The number of H-pyrrole nitrogens is 1. The molecule has 0 radical (unpaired) electrons. The van der Waals surface area contributed by atoms with Crippen molar-refractivity contribution in [1.29, 1.82) is 0 Å². The number of amides is 1. The van der Waals surface area contributed by atoms with Gasteiger partial charge in [0.25, 0.3) is 0 Å². The minimum absolute atomic E-state index is 0. The van der Waals surface area contributed by atoms with Gasteiger partial charge in [0, 0.05) is 42.7 Å². The second-order valence-corrected chi connectivity index (χ2v) is 7.10. The van der Waals surface area contributed by atoms with Crippen molar-refractivity contribution in [1.82, 2.24) is 20.9 Å². The van der Waals surface area contributed by atoms with Crippen LogP contribution in [0.25, 0.3) is 10.9 Å². The minimum Gasteiger partial charge on any atom is -0.361 e. The van der Waals surface area contributed by atoms with E-state index in [4.69, 9.17) is 0 Å². The van der Waals surface area contributed by atoms with Crippen LogP contribution in [0.5, 0.6) is 0 Å². The van der Waals surface area contributed by atoms with E-state index in [9.17, 15) is 4.79 Å². The van der Waals surface area contributed by atoms with Crippen molar-refractivity contribution in [2.45, 2.75) is 51.5 Å². The van der Waals surface area contributed by atoms with E-state index in [-0.39, 0.29) is 29.9 Å². The lowest BCUT2D eigenvalue weighted by molar-refractivity contribution is -0.121. The predicted octanol–water partition coefficient (Wildman–Crippen LogP) is 3.33. The summed E-state index contributed by atoms with van der Waals surface area (Å²) in [6, 6.07) is 8.72. The Morgan fingerprint density at radius 3 is 2.79 bits per heavy atom. The smallest absolute Gasteiger partial charge is 0.222 e. The summed E-state index contributed by atoms with van der Waals surface area (Å²) in [6.07, 6.45) is 8.12. The molecule has 2 aromatic rings. The van der Waals surface area contributed by atoms with E-state index < -0.39 is 0 Å². The number of para-hydroxylation sites is 1. The third-order valence-corrected chi connectivity index (χ3v) is 5.03. The van der Waals surface area contributed by atoms with Gasteiger partial charge in [0.05, 0.1) is 6.54 Å². The van der Waals surface area contributed by atoms with E-state index in [0.717, 1.165) is 38.3 Å². The number of nitrogens with zero attached hydrogens (tertiary/aromatic N) is 1. The molecule has 1 amide bonds. The average Bonchev–Trinajstić information content (AvgIpc) is 3.32. The number of benzene rings is 1. The Morgan fingerprint density at radius 2 is 2.00 bits per heavy atom. The van der Waals surface area contributed by atoms with Crippen molar-refractivity contribution in [2.75, 3.05) is 19.6 Å². The molecule has 0 saturated heterocycles. The van der Waals surface area contributed by atoms with E-state index in [1.165, 1.54) is 29.3 Å². The van der Waals surface area contributed by atoms with Crippen LogP contribution in [-0.4, -0.2) is 42.5 Å². The van der Waals surface area contributed by atoms with Gasteiger partial charge in [-0.15, -0.1) is 24.0 Å². The monoisotopic (exact) mass is 497 g/mol. The first-order chi connectivity index (χ1) is 13.3. The fourth-order valence-electron chi connectivity index (χ4n) is 3.64. The molecule has 0 bridgehead atoms. The molecule has 1 heterocycles. The molecule has 0 atom stereocenters. The van der Waals surface area contributed by atoms with E-state index in [0.29, 0.717) is 19.0 Å². The van der Waals surface area contributed by atoms with Gasteiger partial charge in [0.2, 0.25) is 5.91 Å². The van der Waals surface area contributed by atoms with Crippen LogP contribution in [0.15, 0.2) is 35.5 Å². The Labute approximate surface area is 184 Å². The summed E-state index contributed by atoms with van der Waals surface area (Å²) < 4.78 is 0. The van der Waals surface area contributed by atoms with Crippen LogP contribution in [0.2, 0.25) is 0 Å². The molecule has 1 aromatic heterocycles. The van der Waals surface area contributed by atoms with E-state index in [1.54, 1.807) is 0 Å². The molecule has 4 N–H and O–H groups in total. The first-order valence-corrected chi connectivity index (χ1v) is 10.1. The van der Waals surface area contributed by atoms with Gasteiger partial charge in [0.1, 0.15) is 0 Å². The molecule has 0 aliphatic heterocycles. The summed E-state index contributed by atoms with van der Waals surface area (Å²) in [5, 5.41) is 11.0. The van der Waals surface area contributed by atoms with Crippen molar-refractivity contribution < 1.29 is 4.79 Å². The topological polar surface area (TPSA) is 81.3 Å². The third-order valence-electron chi connectivity index (χ3n) is 5.03. The largest absolute Gasteiger partial charge is 0.361 e. The van der Waals surface area contributed by atoms with Gasteiger partial charge in [-0.05, 0) is 37.8 Å². The fraction of sp³-hybridized carbons (Fsp3) is 0.524. The van der Waals surface area contributed by atoms with Crippen molar-refractivity contribution in [3.63, 3.8) is 0 Å². The normalized spacial score (nSPS) is 14.7. The molecule has 3 rings (SSSR count). The molecule has 0 unspecified atom stereocenters. The Hall–Kier alpha value is -1.77. The first-order valence-electron chi connectivity index (χ1n) is 10.1. The highest BCUT2D eigenvalue weighted by Gasteiger charge is 2.16. The number of fused-ring (bicyclic) bond motifs is 1. The summed E-state index contributed by atoms with van der Waals surface area (Å²) in [5.41, 5.74) is 2.46. The zero-order chi connectivity index (χ0) is 18.9. The van der Waals surface area contributed by atoms with E-state index >= 15 is 0 Å². The number of aromatic amines is 1. The SMILES string of the molecule is CCNC(=NCCC(=O)NC1CCCC1)NCCc1c[nH]c2ccccc12.I. The van der Waals surface area contributed by atoms with Crippen LogP contribution in [0.1, 0.15) is 44.6 Å². The number of hydrogen-bond acceptors (Lipinski definition) is 2. The Bertz CT molecular complexity index is 767. The lowest BCUT2D eigenvalue weighted by Gasteiger charge is -2.12. The molecular weight excluding hydrogens is 465 g/mol. The van der Waals surface area contributed by atoms with Crippen molar-refractivity contribution in [3.05, 3.63) is 36.0 Å². The van der Waals surface area contributed by atoms with Gasteiger partial charge >= 0.3 is 0 Å². The number of carbonyl (C=O) groups is 1. The van der Waals surface area contributed by atoms with Crippen LogP contribution in [0, 0.1) is 0 Å². The van der Waals surface area contributed by atoms with Crippen LogP contribution in [-0.2, 0) is 11.2 Å². The molecule has 6 nitrogen and oxygen atoms in total. The lowest BCUT2D eigenvalue weighted by Crippen LogP contribution is -2.38. The molecule has 1 fully saturated rings. The maximum atomic E-state index is 12.0. The molecule has 1 aliphatic rings. The first kappa shape index (κ1) is 22.5. The Kier molecular flexibility index (Phi) is 9.60. The Morgan fingerprint density at radius 1 is 1.21 bits per heavy atom. The molecule has 0 spiro atoms. The molecule has 1 aromatic carbocycles. The summed E-state index contributed by atoms with van der Waals surface area (Å²) >= 11 is 0. The zero-order valence-electron chi connectivity index (χ0n) is 16.6. The predicted molar refractivity (Wildman–Crippen MR) is 126 cm³/mol. The highest BCUT2D eigenvalue weighted by atomic mass is 127. The zero-order valence-corrected chi connectivity index (χ0v) is 18.9. The van der Waals surface area contributed by atoms with Crippen LogP contribution in [0.3, 0.4) is 0 Å². The van der Waals surface area contributed by atoms with E-state index in [1.807, 2.05) is 13.0 Å². The molecule has 1 aliphatic carbocycles. The number of guanidine groups is 1. The summed E-state index contributed by atoms with van der Waals surface area (Å²) in [4.78, 5) is 19.9. The number of nitrogens with one attached hydrogen (secondary N) is 4. The minimum atomic E-state index is 0. The number of carbonyl (C=O) groups excluding carboxylic acids is 1. The maximum absolute atomic E-state index is 12.0. The van der Waals surface area contributed by atoms with E-state index in [2.05, 4.69) is 50.3 Å². The number of aliphatic imine (C=N–C) groups is 1. The van der Waals surface area contributed by atoms with Crippen LogP contribution in [0.4, 0.5) is 0 Å². The quantitative estimate of drug-likeness (QED) is 0.257. The fourth-order valence-corrected chi connectivity index (χ4v) is 3.64. The lowest BCUT2D eigenvalue weighted by atomic mass is 10.1. The number of aromatic nitrogens is 1. The molecule has 7 heteroatoms. The Balaban J connectivity index is 0.00000280. The van der Waals surface area contributed by atoms with Gasteiger partial charge in [-0.3, -0.25) is 9.79 Å². The number of halogens is 1. The summed E-state index contributed by atoms with van der Waals surface area (Å²) in [7, 11) is 0. The molecule has 1 saturated carbocycles. The van der Waals surface area contributed by atoms with Crippen LogP contribution < -0.4 is 16.0 Å². The van der Waals surface area contributed by atoms with Crippen molar-refractivity contribution >= 4 is 46.7 Å². The number of rotatable bonds is 8. The summed E-state index contributed by atoms with van der Waals surface area (Å²) in [6.45, 7) is 4.14. The highest BCUT2D eigenvalue weighted by Crippen LogP contribution is 2.18. The van der Waals surface area contributed by atoms with Crippen molar-refractivity contribution in [2.24, 2.45) is 4.99 Å². The summed E-state index contributed by atoms with van der Waals surface area (Å²) in [5.74, 6) is 0.881. The highest BCUT2D eigenvalue weighted by molar-refractivity contribution is 14.0. The average molecular weight is 497 g/mol. The number of hydrogen-bond donors (Lipinski definition) is 4. The van der Waals surface area contributed by atoms with Crippen molar-refractivity contribution in [3.8, 4) is 0 Å². The standard InChI is InChI=1S/C21H31N5O.HI/c1-2-22-21(24-14-12-20(27)26-17-7-3-4-8-17)23-13-11-16-15-25-19-10-6-5-9-18(16)19;/h5-6,9-10,15,17,25H,2-4,7-8,11-14H2,1H3,(H,26,27)(H2,22,23,24);1H. The molecule has 28 heavy (non-hydrogen) atoms. The van der Waals surface area contributed by atoms with Gasteiger partial charge in [0.15, 0.2) is 5.96 Å². The second kappa shape index (κ2) is 11.9. The van der Waals surface area contributed by atoms with Gasteiger partial charge in [-0.25, -0.2) is 0 Å². The van der Waals surface area contributed by atoms with Gasteiger partial charge < -0.3 is 20.9 Å². The van der Waals surface area contributed by atoms with Crippen LogP contribution >= 0.6 is 24.0 Å². The molecular formula is C21H32IN5O.